The third-order valence-corrected chi connectivity index (χ3v) is 2.85. The molecule has 1 unspecified atom stereocenters. The van der Waals surface area contributed by atoms with E-state index < -0.39 is 5.97 Å². The van der Waals surface area contributed by atoms with E-state index in [4.69, 9.17) is 5.11 Å². The summed E-state index contributed by atoms with van der Waals surface area (Å²) in [5, 5.41) is 8.34. The zero-order valence-corrected chi connectivity index (χ0v) is 13.3. The molecule has 0 saturated carbocycles. The maximum absolute atomic E-state index is 10.7. The summed E-state index contributed by atoms with van der Waals surface area (Å²) in [4.78, 5) is 21.1. The molecule has 0 aliphatic rings. The number of hydrogen-bond acceptors (Lipinski definition) is 2. The lowest BCUT2D eigenvalue weighted by Crippen LogP contribution is -2.12. The maximum Gasteiger partial charge on any atom is 0.303 e. The number of carbonyl (C=O) groups excluding carboxylic acids is 1. The summed E-state index contributed by atoms with van der Waals surface area (Å²) in [5.74, 6) is -0.500. The molecule has 0 fully saturated rings. The van der Waals surface area contributed by atoms with Crippen molar-refractivity contribution < 1.29 is 14.7 Å². The van der Waals surface area contributed by atoms with Gasteiger partial charge in [0.15, 0.2) is 5.12 Å². The predicted molar refractivity (Wildman–Crippen MR) is 85.0 cm³/mol. The second kappa shape index (κ2) is 10.5. The Morgan fingerprint density at radius 3 is 2.00 bits per heavy atom. The van der Waals surface area contributed by atoms with Crippen molar-refractivity contribution in [1.29, 1.82) is 0 Å². The normalized spacial score (nSPS) is 11.4. The number of hydrogen-bond donors (Lipinski definition) is 2. The zero-order valence-electron chi connectivity index (χ0n) is 12.4. The van der Waals surface area contributed by atoms with Gasteiger partial charge in [-0.15, -0.1) is 12.6 Å². The van der Waals surface area contributed by atoms with E-state index in [2.05, 4.69) is 31.7 Å². The molecule has 1 rings (SSSR count). The van der Waals surface area contributed by atoms with Crippen molar-refractivity contribution in [2.45, 2.75) is 40.0 Å². The fourth-order valence-corrected chi connectivity index (χ4v) is 2.19. The molecule has 20 heavy (non-hydrogen) atoms. The Balaban J connectivity index is 0.000000428. The molecule has 4 heteroatoms. The highest BCUT2D eigenvalue weighted by molar-refractivity contribution is 7.96. The fraction of sp³-hybridized carbons (Fsp3) is 0.500. The Morgan fingerprint density at radius 1 is 1.15 bits per heavy atom. The Bertz CT molecular complexity index is 385. The number of carbonyl (C=O) groups is 2. The maximum atomic E-state index is 10.7. The quantitative estimate of drug-likeness (QED) is 0.781. The van der Waals surface area contributed by atoms with Crippen molar-refractivity contribution in [3.05, 3.63) is 35.9 Å². The highest BCUT2D eigenvalue weighted by atomic mass is 32.1. The first kappa shape index (κ1) is 18.7. The van der Waals surface area contributed by atoms with Crippen LogP contribution in [0.3, 0.4) is 0 Å². The highest BCUT2D eigenvalue weighted by Crippen LogP contribution is 2.20. The van der Waals surface area contributed by atoms with E-state index >= 15 is 0 Å². The number of rotatable bonds is 6. The van der Waals surface area contributed by atoms with Crippen molar-refractivity contribution in [3.63, 3.8) is 0 Å². The first-order valence-electron chi connectivity index (χ1n) is 6.76. The van der Waals surface area contributed by atoms with Gasteiger partial charge in [0.25, 0.3) is 0 Å². The van der Waals surface area contributed by atoms with Crippen molar-refractivity contribution >= 4 is 23.7 Å². The minimum atomic E-state index is -0.847. The van der Waals surface area contributed by atoms with Crippen LogP contribution >= 0.6 is 12.6 Å². The number of aliphatic carboxylic acids is 1. The van der Waals surface area contributed by atoms with E-state index in [9.17, 15) is 9.59 Å². The van der Waals surface area contributed by atoms with Crippen LogP contribution in [0, 0.1) is 18.8 Å². The number of benzene rings is 1. The molecule has 0 aliphatic carbocycles. The van der Waals surface area contributed by atoms with Gasteiger partial charge in [0.05, 0.1) is 0 Å². The fourth-order valence-electron chi connectivity index (χ4n) is 1.93. The summed E-state index contributed by atoms with van der Waals surface area (Å²) in [5.41, 5.74) is 1.32. The van der Waals surface area contributed by atoms with Crippen molar-refractivity contribution in [2.24, 2.45) is 11.8 Å². The Labute approximate surface area is 126 Å². The van der Waals surface area contributed by atoms with Crippen LogP contribution in [0.1, 0.15) is 38.7 Å². The third kappa shape index (κ3) is 11.8. The summed E-state index contributed by atoms with van der Waals surface area (Å²) in [6.07, 6.45) is 1.08. The molecule has 1 N–H and O–H groups in total. The molecule has 0 radical (unpaired) electrons. The third-order valence-electron chi connectivity index (χ3n) is 2.67. The van der Waals surface area contributed by atoms with Crippen molar-refractivity contribution in [3.8, 4) is 0 Å². The molecule has 0 spiro atoms. The van der Waals surface area contributed by atoms with E-state index in [-0.39, 0.29) is 23.9 Å². The molecule has 0 bridgehead atoms. The van der Waals surface area contributed by atoms with Gasteiger partial charge < -0.3 is 5.11 Å². The van der Waals surface area contributed by atoms with E-state index in [1.54, 1.807) is 0 Å². The van der Waals surface area contributed by atoms with Crippen LogP contribution in [0.5, 0.6) is 0 Å². The second-order valence-corrected chi connectivity index (χ2v) is 5.84. The van der Waals surface area contributed by atoms with Crippen LogP contribution in [0.2, 0.25) is 0 Å². The van der Waals surface area contributed by atoms with Crippen LogP contribution in [-0.4, -0.2) is 16.2 Å². The highest BCUT2D eigenvalue weighted by Gasteiger charge is 2.16. The molecule has 3 nitrogen and oxygen atoms in total. The summed E-state index contributed by atoms with van der Waals surface area (Å²) in [6.45, 7) is 6.11. The summed E-state index contributed by atoms with van der Waals surface area (Å²) < 4.78 is 0. The first-order valence-corrected chi connectivity index (χ1v) is 7.21. The van der Waals surface area contributed by atoms with Crippen LogP contribution in [0.15, 0.2) is 30.3 Å². The number of thiol groups is 1. The topological polar surface area (TPSA) is 54.4 Å². The molecular formula is C16H24O3S. The predicted octanol–water partition coefficient (Wildman–Crippen LogP) is 3.96. The average molecular weight is 296 g/mol. The largest absolute Gasteiger partial charge is 0.481 e. The molecule has 112 valence electrons. The van der Waals surface area contributed by atoms with Crippen molar-refractivity contribution in [1.82, 2.24) is 0 Å². The summed E-state index contributed by atoms with van der Waals surface area (Å²) in [7, 11) is 0. The van der Waals surface area contributed by atoms with Gasteiger partial charge in [-0.05, 0) is 25.2 Å². The van der Waals surface area contributed by atoms with Crippen molar-refractivity contribution in [2.75, 3.05) is 0 Å². The molecule has 1 aromatic rings. The lowest BCUT2D eigenvalue weighted by Gasteiger charge is -2.14. The van der Waals surface area contributed by atoms with Crippen LogP contribution < -0.4 is 0 Å². The average Bonchev–Trinajstić information content (AvgIpc) is 2.27. The molecule has 0 aromatic heterocycles. The van der Waals surface area contributed by atoms with Crippen LogP contribution in [0.25, 0.3) is 0 Å². The van der Waals surface area contributed by atoms with Gasteiger partial charge in [0.2, 0.25) is 0 Å². The monoisotopic (exact) mass is 296 g/mol. The molecule has 1 atom stereocenters. The molecular weight excluding hydrogens is 272 g/mol. The van der Waals surface area contributed by atoms with Gasteiger partial charge in [-0.25, -0.2) is 0 Å². The van der Waals surface area contributed by atoms with Gasteiger partial charge in [0, 0.05) is 12.8 Å². The molecule has 1 aromatic carbocycles. The van der Waals surface area contributed by atoms with Crippen LogP contribution in [-0.2, 0) is 9.59 Å². The number of aryl methyl sites for hydroxylation is 1. The molecule has 0 amide bonds. The van der Waals surface area contributed by atoms with Gasteiger partial charge in [0.1, 0.15) is 0 Å². The number of carboxylic acids is 1. The standard InChI is InChI=1S/C9H16O3S.C7H8/c1-6(2)3-7(4-8(10)11)5-9(12)13;1-7-5-3-2-4-6-7/h6-7H,3-5H2,1-2H3,(H,10,11)(H,12,13);2-6H,1H3. The molecule has 0 heterocycles. The summed E-state index contributed by atoms with van der Waals surface area (Å²) in [6, 6.07) is 10.3. The minimum Gasteiger partial charge on any atom is -0.481 e. The van der Waals surface area contributed by atoms with E-state index in [1.807, 2.05) is 32.0 Å². The summed E-state index contributed by atoms with van der Waals surface area (Å²) >= 11 is 3.65. The SMILES string of the molecule is CC(C)CC(CC(=O)O)CC(=O)S.Cc1ccccc1. The van der Waals surface area contributed by atoms with Gasteiger partial charge in [-0.3, -0.25) is 9.59 Å². The Hall–Kier alpha value is -1.29. The Kier molecular flexibility index (Phi) is 9.82. The Morgan fingerprint density at radius 2 is 1.70 bits per heavy atom. The van der Waals surface area contributed by atoms with Crippen LogP contribution in [0.4, 0.5) is 0 Å². The smallest absolute Gasteiger partial charge is 0.303 e. The van der Waals surface area contributed by atoms with E-state index in [0.29, 0.717) is 5.92 Å². The zero-order chi connectivity index (χ0) is 15.5. The minimum absolute atomic E-state index is 0.0600. The number of carboxylic acid groups (broad SMARTS) is 1. The molecule has 0 saturated heterocycles. The van der Waals surface area contributed by atoms with Gasteiger partial charge in [-0.2, -0.15) is 0 Å². The van der Waals surface area contributed by atoms with E-state index in [1.165, 1.54) is 5.56 Å². The lowest BCUT2D eigenvalue weighted by atomic mass is 9.92. The van der Waals surface area contributed by atoms with E-state index in [0.717, 1.165) is 6.42 Å². The lowest BCUT2D eigenvalue weighted by molar-refractivity contribution is -0.138. The molecule has 0 aliphatic heterocycles. The van der Waals surface area contributed by atoms with Gasteiger partial charge in [-0.1, -0.05) is 49.7 Å². The van der Waals surface area contributed by atoms with Gasteiger partial charge >= 0.3 is 5.97 Å². The first-order chi connectivity index (χ1) is 9.31. The second-order valence-electron chi connectivity index (χ2n) is 5.35.